The third-order valence-electron chi connectivity index (χ3n) is 3.90. The van der Waals surface area contributed by atoms with Gasteiger partial charge in [0.15, 0.2) is 0 Å². The van der Waals surface area contributed by atoms with Gasteiger partial charge in [-0.2, -0.15) is 0 Å². The first kappa shape index (κ1) is 15.5. The molecule has 20 heavy (non-hydrogen) atoms. The Balaban J connectivity index is 2.07. The summed E-state index contributed by atoms with van der Waals surface area (Å²) in [4.78, 5) is 14.6. The fourth-order valence-corrected chi connectivity index (χ4v) is 3.38. The van der Waals surface area contributed by atoms with Crippen LogP contribution in [0.4, 0.5) is 0 Å². The first-order chi connectivity index (χ1) is 9.60. The maximum atomic E-state index is 12.6. The highest BCUT2D eigenvalue weighted by Crippen LogP contribution is 2.19. The average molecular weight is 339 g/mol. The summed E-state index contributed by atoms with van der Waals surface area (Å²) in [6, 6.07) is 5.92. The maximum Gasteiger partial charge on any atom is 0.253 e. The van der Waals surface area contributed by atoms with E-state index < -0.39 is 0 Å². The van der Waals surface area contributed by atoms with Gasteiger partial charge in [0.1, 0.15) is 0 Å². The largest absolute Gasteiger partial charge is 0.339 e. The van der Waals surface area contributed by atoms with Crippen molar-refractivity contribution in [1.29, 1.82) is 0 Å². The third kappa shape index (κ3) is 4.06. The van der Waals surface area contributed by atoms with Gasteiger partial charge < -0.3 is 10.2 Å². The predicted octanol–water partition coefficient (Wildman–Crippen LogP) is 3.22. The molecule has 0 radical (unpaired) electrons. The number of rotatable bonds is 4. The zero-order chi connectivity index (χ0) is 14.5. The van der Waals surface area contributed by atoms with Gasteiger partial charge in [0.2, 0.25) is 0 Å². The van der Waals surface area contributed by atoms with Crippen LogP contribution in [0.2, 0.25) is 0 Å². The van der Waals surface area contributed by atoms with Crippen molar-refractivity contribution in [2.75, 3.05) is 26.2 Å². The predicted molar refractivity (Wildman–Crippen MR) is 86.1 cm³/mol. The number of carbonyl (C=O) groups excluding carboxylic acids is 1. The summed E-state index contributed by atoms with van der Waals surface area (Å²) in [5.74, 6) is 0.781. The molecule has 0 unspecified atom stereocenters. The minimum atomic E-state index is 0.149. The van der Waals surface area contributed by atoms with E-state index in [4.69, 9.17) is 0 Å². The van der Waals surface area contributed by atoms with Gasteiger partial charge in [-0.25, -0.2) is 0 Å². The summed E-state index contributed by atoms with van der Waals surface area (Å²) >= 11 is 3.47. The van der Waals surface area contributed by atoms with Crippen LogP contribution in [0, 0.1) is 12.8 Å². The van der Waals surface area contributed by atoms with E-state index in [1.165, 1.54) is 12.8 Å². The Kier molecular flexibility index (Phi) is 5.61. The molecule has 1 fully saturated rings. The highest BCUT2D eigenvalue weighted by Gasteiger charge is 2.21. The monoisotopic (exact) mass is 338 g/mol. The summed E-state index contributed by atoms with van der Waals surface area (Å²) in [6.07, 6.45) is 2.34. The highest BCUT2D eigenvalue weighted by molar-refractivity contribution is 9.10. The minimum Gasteiger partial charge on any atom is -0.339 e. The van der Waals surface area contributed by atoms with Gasteiger partial charge in [-0.05, 0) is 69.5 Å². The zero-order valence-corrected chi connectivity index (χ0v) is 13.9. The molecule has 1 aromatic rings. The average Bonchev–Trinajstić information content (AvgIpc) is 2.44. The third-order valence-corrected chi connectivity index (χ3v) is 4.35. The van der Waals surface area contributed by atoms with E-state index in [0.29, 0.717) is 5.92 Å². The quantitative estimate of drug-likeness (QED) is 0.914. The molecule has 1 aromatic carbocycles. The van der Waals surface area contributed by atoms with Gasteiger partial charge in [-0.3, -0.25) is 4.79 Å². The van der Waals surface area contributed by atoms with Crippen LogP contribution in [-0.2, 0) is 0 Å². The molecule has 1 saturated heterocycles. The van der Waals surface area contributed by atoms with Crippen LogP contribution in [0.15, 0.2) is 22.7 Å². The Morgan fingerprint density at radius 2 is 2.05 bits per heavy atom. The molecule has 1 aliphatic rings. The lowest BCUT2D eigenvalue weighted by Gasteiger charge is -2.29. The molecule has 1 N–H and O–H groups in total. The molecule has 4 heteroatoms. The molecule has 0 aromatic heterocycles. The van der Waals surface area contributed by atoms with Gasteiger partial charge in [-0.1, -0.05) is 15.9 Å². The zero-order valence-electron chi connectivity index (χ0n) is 12.3. The molecular weight excluding hydrogens is 316 g/mol. The highest BCUT2D eigenvalue weighted by atomic mass is 79.9. The van der Waals surface area contributed by atoms with Crippen molar-refractivity contribution in [3.63, 3.8) is 0 Å². The molecular formula is C16H23BrN2O. The van der Waals surface area contributed by atoms with E-state index >= 15 is 0 Å². The summed E-state index contributed by atoms with van der Waals surface area (Å²) in [6.45, 7) is 7.88. The van der Waals surface area contributed by atoms with Gasteiger partial charge >= 0.3 is 0 Å². The molecule has 3 nitrogen and oxygen atoms in total. The van der Waals surface area contributed by atoms with Crippen molar-refractivity contribution in [3.05, 3.63) is 33.8 Å². The summed E-state index contributed by atoms with van der Waals surface area (Å²) in [7, 11) is 0. The second-order valence-corrected chi connectivity index (χ2v) is 6.47. The molecule has 0 aliphatic carbocycles. The van der Waals surface area contributed by atoms with Crippen LogP contribution < -0.4 is 5.32 Å². The number of halogens is 1. The Bertz CT molecular complexity index is 449. The minimum absolute atomic E-state index is 0.149. The summed E-state index contributed by atoms with van der Waals surface area (Å²) in [5, 5.41) is 3.37. The molecule has 0 bridgehead atoms. The van der Waals surface area contributed by atoms with Crippen LogP contribution in [0.3, 0.4) is 0 Å². The van der Waals surface area contributed by atoms with E-state index in [-0.39, 0.29) is 5.91 Å². The first-order valence-electron chi connectivity index (χ1n) is 7.37. The molecule has 110 valence electrons. The van der Waals surface area contributed by atoms with Gasteiger partial charge in [0, 0.05) is 23.1 Å². The fourth-order valence-electron chi connectivity index (χ4n) is 2.77. The van der Waals surface area contributed by atoms with Crippen molar-refractivity contribution < 1.29 is 4.79 Å². The van der Waals surface area contributed by atoms with Crippen molar-refractivity contribution in [1.82, 2.24) is 10.2 Å². The standard InChI is InChI=1S/C16H23BrN2O/c1-3-19(11-13-4-6-18-7-5-13)16(20)14-8-12(2)9-15(17)10-14/h8-10,13,18H,3-7,11H2,1-2H3. The van der Waals surface area contributed by atoms with Crippen LogP contribution in [0.1, 0.15) is 35.7 Å². The lowest BCUT2D eigenvalue weighted by atomic mass is 9.97. The van der Waals surface area contributed by atoms with Crippen LogP contribution in [-0.4, -0.2) is 37.0 Å². The molecule has 2 rings (SSSR count). The number of hydrogen-bond donors (Lipinski definition) is 1. The molecule has 1 heterocycles. The van der Waals surface area contributed by atoms with Gasteiger partial charge in [0.05, 0.1) is 0 Å². The molecule has 0 saturated carbocycles. The summed E-state index contributed by atoms with van der Waals surface area (Å²) in [5.41, 5.74) is 1.90. The Hall–Kier alpha value is -0.870. The van der Waals surface area contributed by atoms with Crippen LogP contribution >= 0.6 is 15.9 Å². The summed E-state index contributed by atoms with van der Waals surface area (Å²) < 4.78 is 0.971. The number of benzene rings is 1. The van der Waals surface area contributed by atoms with E-state index in [1.54, 1.807) is 0 Å². The van der Waals surface area contributed by atoms with Crippen molar-refractivity contribution in [2.45, 2.75) is 26.7 Å². The number of aryl methyl sites for hydroxylation is 1. The Morgan fingerprint density at radius 1 is 1.35 bits per heavy atom. The maximum absolute atomic E-state index is 12.6. The molecule has 0 spiro atoms. The van der Waals surface area contributed by atoms with Gasteiger partial charge in [0.25, 0.3) is 5.91 Å². The van der Waals surface area contributed by atoms with E-state index in [9.17, 15) is 4.79 Å². The number of carbonyl (C=O) groups is 1. The van der Waals surface area contributed by atoms with Crippen molar-refractivity contribution in [2.24, 2.45) is 5.92 Å². The van der Waals surface area contributed by atoms with Crippen molar-refractivity contribution >= 4 is 21.8 Å². The molecule has 0 atom stereocenters. The normalized spacial score (nSPS) is 16.1. The number of amides is 1. The number of hydrogen-bond acceptors (Lipinski definition) is 2. The number of piperidine rings is 1. The van der Waals surface area contributed by atoms with E-state index in [0.717, 1.165) is 41.8 Å². The lowest BCUT2D eigenvalue weighted by molar-refractivity contribution is 0.0726. The molecule has 1 aliphatic heterocycles. The van der Waals surface area contributed by atoms with E-state index in [1.807, 2.05) is 30.0 Å². The van der Waals surface area contributed by atoms with E-state index in [2.05, 4.69) is 28.2 Å². The SMILES string of the molecule is CCN(CC1CCNCC1)C(=O)c1cc(C)cc(Br)c1. The fraction of sp³-hybridized carbons (Fsp3) is 0.562. The first-order valence-corrected chi connectivity index (χ1v) is 8.16. The Labute approximate surface area is 129 Å². The van der Waals surface area contributed by atoms with Gasteiger partial charge in [-0.15, -0.1) is 0 Å². The van der Waals surface area contributed by atoms with Crippen LogP contribution in [0.25, 0.3) is 0 Å². The second-order valence-electron chi connectivity index (χ2n) is 5.55. The second kappa shape index (κ2) is 7.23. The number of nitrogens with zero attached hydrogens (tertiary/aromatic N) is 1. The topological polar surface area (TPSA) is 32.3 Å². The molecule has 1 amide bonds. The van der Waals surface area contributed by atoms with Crippen molar-refractivity contribution in [3.8, 4) is 0 Å². The van der Waals surface area contributed by atoms with Crippen LogP contribution in [0.5, 0.6) is 0 Å². The number of nitrogens with one attached hydrogen (secondary N) is 1. The lowest BCUT2D eigenvalue weighted by Crippen LogP contribution is -2.39. The smallest absolute Gasteiger partial charge is 0.253 e. The Morgan fingerprint density at radius 3 is 2.65 bits per heavy atom.